The Morgan fingerprint density at radius 3 is 2.77 bits per heavy atom. The van der Waals surface area contributed by atoms with Gasteiger partial charge in [-0.1, -0.05) is 23.7 Å². The maximum Gasteiger partial charge on any atom is 0.317 e. The van der Waals surface area contributed by atoms with Crippen LogP contribution in [0.2, 0.25) is 5.02 Å². The number of aliphatic hydroxyl groups excluding tert-OH is 1. The van der Waals surface area contributed by atoms with Crippen LogP contribution in [0.4, 0.5) is 4.79 Å². The molecular formula is C19H24ClN3O3. The molecule has 0 radical (unpaired) electrons. The molecule has 1 aromatic carbocycles. The van der Waals surface area contributed by atoms with Gasteiger partial charge in [0.2, 0.25) is 0 Å². The lowest BCUT2D eigenvalue weighted by molar-refractivity contribution is 0.0635. The van der Waals surface area contributed by atoms with Gasteiger partial charge in [0.25, 0.3) is 0 Å². The van der Waals surface area contributed by atoms with E-state index in [1.165, 1.54) is 0 Å². The van der Waals surface area contributed by atoms with E-state index in [0.29, 0.717) is 37.6 Å². The average Bonchev–Trinajstić information content (AvgIpc) is 3.16. The van der Waals surface area contributed by atoms with Crippen molar-refractivity contribution in [2.45, 2.75) is 25.6 Å². The lowest BCUT2D eigenvalue weighted by atomic mass is 10.1. The van der Waals surface area contributed by atoms with Crippen molar-refractivity contribution in [1.29, 1.82) is 0 Å². The second-order valence-electron chi connectivity index (χ2n) is 6.45. The van der Waals surface area contributed by atoms with Crippen LogP contribution in [0, 0.1) is 0 Å². The van der Waals surface area contributed by atoms with E-state index in [9.17, 15) is 9.90 Å². The molecule has 0 spiro atoms. The number of hydrogen-bond donors (Lipinski definition) is 2. The number of piperazine rings is 1. The Kier molecular flexibility index (Phi) is 6.55. The van der Waals surface area contributed by atoms with Crippen molar-refractivity contribution >= 4 is 17.6 Å². The van der Waals surface area contributed by atoms with Crippen LogP contribution in [0.25, 0.3) is 0 Å². The van der Waals surface area contributed by atoms with Crippen molar-refractivity contribution in [3.05, 3.63) is 59.0 Å². The zero-order valence-electron chi connectivity index (χ0n) is 14.6. The van der Waals surface area contributed by atoms with Gasteiger partial charge in [-0.2, -0.15) is 0 Å². The zero-order valence-corrected chi connectivity index (χ0v) is 15.4. The monoisotopic (exact) mass is 377 g/mol. The number of rotatable bonds is 6. The number of nitrogens with zero attached hydrogens (tertiary/aromatic N) is 2. The van der Waals surface area contributed by atoms with Crippen molar-refractivity contribution in [3.63, 3.8) is 0 Å². The van der Waals surface area contributed by atoms with Gasteiger partial charge in [0.15, 0.2) is 0 Å². The van der Waals surface area contributed by atoms with Gasteiger partial charge in [0, 0.05) is 43.9 Å². The summed E-state index contributed by atoms with van der Waals surface area (Å²) in [6.07, 6.45) is 2.29. The number of nitrogens with one attached hydrogen (secondary N) is 1. The van der Waals surface area contributed by atoms with E-state index in [1.807, 2.05) is 41.3 Å². The molecule has 0 bridgehead atoms. The average molecular weight is 378 g/mol. The van der Waals surface area contributed by atoms with E-state index in [4.69, 9.17) is 16.0 Å². The molecule has 1 aliphatic heterocycles. The van der Waals surface area contributed by atoms with Gasteiger partial charge in [0.05, 0.1) is 12.8 Å². The maximum atomic E-state index is 12.5. The van der Waals surface area contributed by atoms with Crippen LogP contribution in [0.15, 0.2) is 47.1 Å². The van der Waals surface area contributed by atoms with Crippen molar-refractivity contribution in [3.8, 4) is 0 Å². The number of carbonyl (C=O) groups is 1. The van der Waals surface area contributed by atoms with E-state index in [-0.39, 0.29) is 18.7 Å². The van der Waals surface area contributed by atoms with Gasteiger partial charge in [-0.3, -0.25) is 4.90 Å². The van der Waals surface area contributed by atoms with Gasteiger partial charge in [0.1, 0.15) is 5.76 Å². The minimum absolute atomic E-state index is 0.0828. The Bertz CT molecular complexity index is 691. The van der Waals surface area contributed by atoms with Crippen LogP contribution in [-0.2, 0) is 13.1 Å². The third kappa shape index (κ3) is 5.00. The Morgan fingerprint density at radius 1 is 1.27 bits per heavy atom. The standard InChI is InChI=1S/C19H24ClN3O3/c20-16-5-3-15(4-6-16)12-21-19(25)23-9-8-22(17(13-23)7-10-24)14-18-2-1-11-26-18/h1-6,11,17,24H,7-10,12-14H2,(H,21,25)/t17-/m0/s1. The minimum atomic E-state index is -0.0828. The largest absolute Gasteiger partial charge is 0.468 e. The second-order valence-corrected chi connectivity index (χ2v) is 6.88. The van der Waals surface area contributed by atoms with Crippen molar-refractivity contribution in [2.24, 2.45) is 0 Å². The van der Waals surface area contributed by atoms with Crippen LogP contribution in [0.3, 0.4) is 0 Å². The van der Waals surface area contributed by atoms with Gasteiger partial charge < -0.3 is 19.7 Å². The smallest absolute Gasteiger partial charge is 0.317 e. The summed E-state index contributed by atoms with van der Waals surface area (Å²) in [5.41, 5.74) is 1.01. The SMILES string of the molecule is O=C(NCc1ccc(Cl)cc1)N1CCN(Cc2ccco2)[C@@H](CCO)C1. The van der Waals surface area contributed by atoms with Crippen molar-refractivity contribution < 1.29 is 14.3 Å². The fraction of sp³-hybridized carbons (Fsp3) is 0.421. The van der Waals surface area contributed by atoms with E-state index >= 15 is 0 Å². The molecule has 26 heavy (non-hydrogen) atoms. The second kappa shape index (κ2) is 9.07. The minimum Gasteiger partial charge on any atom is -0.468 e. The molecule has 3 rings (SSSR count). The topological polar surface area (TPSA) is 69.0 Å². The molecule has 1 atom stereocenters. The summed E-state index contributed by atoms with van der Waals surface area (Å²) in [4.78, 5) is 16.6. The summed E-state index contributed by atoms with van der Waals surface area (Å²) in [6, 6.07) is 11.3. The first-order chi connectivity index (χ1) is 12.7. The molecule has 0 aliphatic carbocycles. The van der Waals surface area contributed by atoms with Crippen LogP contribution in [-0.4, -0.2) is 53.2 Å². The molecular weight excluding hydrogens is 354 g/mol. The molecule has 1 fully saturated rings. The Hall–Kier alpha value is -2.02. The summed E-state index contributed by atoms with van der Waals surface area (Å²) in [5, 5.41) is 13.0. The quantitative estimate of drug-likeness (QED) is 0.812. The molecule has 0 saturated carbocycles. The number of aliphatic hydroxyl groups is 1. The summed E-state index contributed by atoms with van der Waals surface area (Å²) < 4.78 is 5.43. The predicted octanol–water partition coefficient (Wildman–Crippen LogP) is 2.71. The Morgan fingerprint density at radius 2 is 2.08 bits per heavy atom. The van der Waals surface area contributed by atoms with Crippen molar-refractivity contribution in [2.75, 3.05) is 26.2 Å². The Labute approximate surface area is 158 Å². The first-order valence-corrected chi connectivity index (χ1v) is 9.18. The van der Waals surface area contributed by atoms with Gasteiger partial charge >= 0.3 is 6.03 Å². The number of halogens is 1. The van der Waals surface area contributed by atoms with Gasteiger partial charge in [-0.25, -0.2) is 4.79 Å². The van der Waals surface area contributed by atoms with Crippen LogP contribution < -0.4 is 5.32 Å². The molecule has 2 aromatic rings. The highest BCUT2D eigenvalue weighted by Gasteiger charge is 2.29. The molecule has 7 heteroatoms. The summed E-state index contributed by atoms with van der Waals surface area (Å²) in [5.74, 6) is 0.897. The fourth-order valence-corrected chi connectivity index (χ4v) is 3.33. The number of amides is 2. The van der Waals surface area contributed by atoms with Crippen LogP contribution >= 0.6 is 11.6 Å². The third-order valence-electron chi connectivity index (χ3n) is 4.65. The number of urea groups is 1. The predicted molar refractivity (Wildman–Crippen MR) is 99.9 cm³/mol. The Balaban J connectivity index is 1.53. The highest BCUT2D eigenvalue weighted by molar-refractivity contribution is 6.30. The van der Waals surface area contributed by atoms with Crippen molar-refractivity contribution in [1.82, 2.24) is 15.1 Å². The first kappa shape index (κ1) is 18.8. The molecule has 1 aliphatic rings. The fourth-order valence-electron chi connectivity index (χ4n) is 3.20. The normalized spacial score (nSPS) is 18.1. The van der Waals surface area contributed by atoms with Crippen LogP contribution in [0.1, 0.15) is 17.7 Å². The highest BCUT2D eigenvalue weighted by atomic mass is 35.5. The highest BCUT2D eigenvalue weighted by Crippen LogP contribution is 2.17. The molecule has 0 unspecified atom stereocenters. The summed E-state index contributed by atoms with van der Waals surface area (Å²) >= 11 is 5.88. The van der Waals surface area contributed by atoms with E-state index < -0.39 is 0 Å². The number of hydrogen-bond acceptors (Lipinski definition) is 4. The summed E-state index contributed by atoms with van der Waals surface area (Å²) in [7, 11) is 0. The lowest BCUT2D eigenvalue weighted by Gasteiger charge is -2.41. The first-order valence-electron chi connectivity index (χ1n) is 8.80. The van der Waals surface area contributed by atoms with E-state index in [1.54, 1.807) is 6.26 Å². The molecule has 6 nitrogen and oxygen atoms in total. The molecule has 2 N–H and O–H groups in total. The van der Waals surface area contributed by atoms with E-state index in [2.05, 4.69) is 10.2 Å². The van der Waals surface area contributed by atoms with Crippen LogP contribution in [0.5, 0.6) is 0 Å². The lowest BCUT2D eigenvalue weighted by Crippen LogP contribution is -2.56. The molecule has 1 aromatic heterocycles. The zero-order chi connectivity index (χ0) is 18.4. The molecule has 140 valence electrons. The van der Waals surface area contributed by atoms with Gasteiger partial charge in [-0.15, -0.1) is 0 Å². The number of carbonyl (C=O) groups excluding carboxylic acids is 1. The number of benzene rings is 1. The van der Waals surface area contributed by atoms with E-state index in [0.717, 1.165) is 17.9 Å². The third-order valence-corrected chi connectivity index (χ3v) is 4.90. The molecule has 1 saturated heterocycles. The summed E-state index contributed by atoms with van der Waals surface area (Å²) in [6.45, 7) is 3.24. The maximum absolute atomic E-state index is 12.5. The van der Waals surface area contributed by atoms with Gasteiger partial charge in [-0.05, 0) is 36.2 Å². The molecule has 2 heterocycles. The molecule has 2 amide bonds. The number of furan rings is 1.